The van der Waals surface area contributed by atoms with Crippen LogP contribution in [0.5, 0.6) is 0 Å². The molecule has 0 amide bonds. The highest BCUT2D eigenvalue weighted by Crippen LogP contribution is 2.13. The molecule has 0 aromatic rings. The van der Waals surface area contributed by atoms with Crippen LogP contribution in [0.15, 0.2) is 4.40 Å². The van der Waals surface area contributed by atoms with Crippen molar-refractivity contribution >= 4 is 39.5 Å². The summed E-state index contributed by atoms with van der Waals surface area (Å²) in [6, 6.07) is 0. The van der Waals surface area contributed by atoms with E-state index >= 15 is 0 Å². The standard InChI is InChI=1S/C9H18INO2S/c1-9(2,3)14(12)11-8(13-4)6-5-7-10/h5-7H2,1-4H3/b11-8+/t14-/m1/s1. The predicted octanol–water partition coefficient (Wildman–Crippen LogP) is 2.71. The van der Waals surface area contributed by atoms with Gasteiger partial charge in [0.2, 0.25) is 0 Å². The van der Waals surface area contributed by atoms with Crippen molar-refractivity contribution in [1.82, 2.24) is 0 Å². The van der Waals surface area contributed by atoms with E-state index in [9.17, 15) is 4.21 Å². The summed E-state index contributed by atoms with van der Waals surface area (Å²) in [6.07, 6.45) is 1.77. The molecular formula is C9H18INO2S. The molecule has 0 aliphatic heterocycles. The summed E-state index contributed by atoms with van der Waals surface area (Å²) < 4.78 is 21.5. The number of ether oxygens (including phenoxy) is 1. The van der Waals surface area contributed by atoms with E-state index in [4.69, 9.17) is 4.74 Å². The van der Waals surface area contributed by atoms with Crippen molar-refractivity contribution in [3.63, 3.8) is 0 Å². The number of alkyl halides is 1. The summed E-state index contributed by atoms with van der Waals surface area (Å²) >= 11 is 2.30. The molecule has 1 atom stereocenters. The van der Waals surface area contributed by atoms with Crippen molar-refractivity contribution < 1.29 is 8.95 Å². The van der Waals surface area contributed by atoms with Crippen LogP contribution in [-0.4, -0.2) is 26.4 Å². The van der Waals surface area contributed by atoms with Crippen LogP contribution in [0.1, 0.15) is 33.6 Å². The number of hydrogen-bond acceptors (Lipinski definition) is 2. The first kappa shape index (κ1) is 14.3. The van der Waals surface area contributed by atoms with E-state index in [0.717, 1.165) is 17.3 Å². The molecule has 0 saturated carbocycles. The highest BCUT2D eigenvalue weighted by molar-refractivity contribution is 14.1. The first-order chi connectivity index (χ1) is 6.41. The zero-order valence-corrected chi connectivity index (χ0v) is 12.1. The molecule has 0 aromatic heterocycles. The van der Waals surface area contributed by atoms with Crippen molar-refractivity contribution in [3.05, 3.63) is 0 Å². The molecule has 0 N–H and O–H groups in total. The molecule has 0 radical (unpaired) electrons. The monoisotopic (exact) mass is 331 g/mol. The second kappa shape index (κ2) is 6.76. The molecular weight excluding hydrogens is 313 g/mol. The van der Waals surface area contributed by atoms with Crippen molar-refractivity contribution in [3.8, 4) is 0 Å². The van der Waals surface area contributed by atoms with Crippen molar-refractivity contribution in [2.75, 3.05) is 11.5 Å². The van der Waals surface area contributed by atoms with Gasteiger partial charge in [0.1, 0.15) is 11.0 Å². The van der Waals surface area contributed by atoms with E-state index in [0.29, 0.717) is 5.90 Å². The van der Waals surface area contributed by atoms with Crippen molar-refractivity contribution in [2.24, 2.45) is 4.40 Å². The van der Waals surface area contributed by atoms with Gasteiger partial charge in [-0.25, -0.2) is 4.21 Å². The summed E-state index contributed by atoms with van der Waals surface area (Å²) in [5.41, 5.74) is 0. The smallest absolute Gasteiger partial charge is 0.197 e. The Kier molecular flexibility index (Phi) is 6.93. The fourth-order valence-electron chi connectivity index (χ4n) is 0.632. The third kappa shape index (κ3) is 5.95. The van der Waals surface area contributed by atoms with Crippen LogP contribution in [0, 0.1) is 0 Å². The maximum absolute atomic E-state index is 11.6. The lowest BCUT2D eigenvalue weighted by Gasteiger charge is -2.14. The molecule has 5 heteroatoms. The van der Waals surface area contributed by atoms with Crippen LogP contribution in [-0.2, 0) is 15.7 Å². The molecule has 0 aliphatic carbocycles. The third-order valence-electron chi connectivity index (χ3n) is 1.47. The summed E-state index contributed by atoms with van der Waals surface area (Å²) in [6.45, 7) is 5.70. The molecule has 0 fully saturated rings. The zero-order chi connectivity index (χ0) is 11.2. The van der Waals surface area contributed by atoms with Gasteiger partial charge in [0.15, 0.2) is 5.90 Å². The van der Waals surface area contributed by atoms with Gasteiger partial charge < -0.3 is 4.74 Å². The van der Waals surface area contributed by atoms with Gasteiger partial charge in [-0.15, -0.1) is 0 Å². The largest absolute Gasteiger partial charge is 0.484 e. The molecule has 0 aromatic carbocycles. The van der Waals surface area contributed by atoms with Gasteiger partial charge in [-0.3, -0.25) is 0 Å². The number of methoxy groups -OCH3 is 1. The molecule has 0 bridgehead atoms. The van der Waals surface area contributed by atoms with Gasteiger partial charge >= 0.3 is 0 Å². The zero-order valence-electron chi connectivity index (χ0n) is 9.17. The molecule has 14 heavy (non-hydrogen) atoms. The van der Waals surface area contributed by atoms with Gasteiger partial charge in [-0.2, -0.15) is 4.40 Å². The average Bonchev–Trinajstić information content (AvgIpc) is 2.10. The Morgan fingerprint density at radius 1 is 1.50 bits per heavy atom. The maximum atomic E-state index is 11.6. The van der Waals surface area contributed by atoms with Crippen LogP contribution >= 0.6 is 22.6 Å². The van der Waals surface area contributed by atoms with Crippen LogP contribution in [0.3, 0.4) is 0 Å². The van der Waals surface area contributed by atoms with Crippen LogP contribution < -0.4 is 0 Å². The van der Waals surface area contributed by atoms with Gasteiger partial charge in [0.05, 0.1) is 11.9 Å². The maximum Gasteiger partial charge on any atom is 0.197 e. The van der Waals surface area contributed by atoms with E-state index in [2.05, 4.69) is 27.0 Å². The minimum absolute atomic E-state index is 0.311. The molecule has 0 heterocycles. The molecule has 0 rings (SSSR count). The molecule has 0 spiro atoms. The number of halogens is 1. The van der Waals surface area contributed by atoms with Gasteiger partial charge in [0, 0.05) is 10.8 Å². The van der Waals surface area contributed by atoms with Crippen molar-refractivity contribution in [2.45, 2.75) is 38.4 Å². The lowest BCUT2D eigenvalue weighted by molar-refractivity contribution is 0.391. The Labute approximate surface area is 102 Å². The van der Waals surface area contributed by atoms with E-state index in [1.54, 1.807) is 7.11 Å². The average molecular weight is 331 g/mol. The summed E-state index contributed by atoms with van der Waals surface area (Å²) in [7, 11) is 0.365. The first-order valence-electron chi connectivity index (χ1n) is 4.51. The van der Waals surface area contributed by atoms with E-state index in [-0.39, 0.29) is 4.75 Å². The van der Waals surface area contributed by atoms with E-state index in [1.807, 2.05) is 20.8 Å². The molecule has 84 valence electrons. The summed E-state index contributed by atoms with van der Waals surface area (Å²) in [5, 5.41) is 0. The Bertz CT molecular complexity index is 223. The van der Waals surface area contributed by atoms with Crippen LogP contribution in [0.2, 0.25) is 0 Å². The second-order valence-corrected chi connectivity index (χ2v) is 6.83. The Morgan fingerprint density at radius 3 is 2.43 bits per heavy atom. The Hall–Kier alpha value is 0.350. The lowest BCUT2D eigenvalue weighted by Crippen LogP contribution is -2.21. The van der Waals surface area contributed by atoms with Gasteiger partial charge in [-0.05, 0) is 27.2 Å². The van der Waals surface area contributed by atoms with Gasteiger partial charge in [0.25, 0.3) is 0 Å². The number of hydrogen-bond donors (Lipinski definition) is 0. The van der Waals surface area contributed by atoms with E-state index < -0.39 is 11.0 Å². The Morgan fingerprint density at radius 2 is 2.07 bits per heavy atom. The minimum atomic E-state index is -1.21. The summed E-state index contributed by atoms with van der Waals surface area (Å²) in [4.78, 5) is 0. The molecule has 0 unspecified atom stereocenters. The normalized spacial score (nSPS) is 15.4. The lowest BCUT2D eigenvalue weighted by atomic mass is 10.3. The third-order valence-corrected chi connectivity index (χ3v) is 3.65. The minimum Gasteiger partial charge on any atom is -0.484 e. The van der Waals surface area contributed by atoms with Crippen molar-refractivity contribution in [1.29, 1.82) is 0 Å². The van der Waals surface area contributed by atoms with E-state index in [1.165, 1.54) is 0 Å². The molecule has 0 saturated heterocycles. The van der Waals surface area contributed by atoms with Gasteiger partial charge in [-0.1, -0.05) is 22.6 Å². The quantitative estimate of drug-likeness (QED) is 0.344. The second-order valence-electron chi connectivity index (χ2n) is 3.84. The number of rotatable bonds is 4. The Balaban J connectivity index is 4.36. The highest BCUT2D eigenvalue weighted by Gasteiger charge is 2.19. The fourth-order valence-corrected chi connectivity index (χ4v) is 1.64. The first-order valence-corrected chi connectivity index (χ1v) is 7.14. The predicted molar refractivity (Wildman–Crippen MR) is 70.5 cm³/mol. The SMILES string of the molecule is CO/C(CCCI)=N/[S@](=O)C(C)(C)C. The topological polar surface area (TPSA) is 38.7 Å². The highest BCUT2D eigenvalue weighted by atomic mass is 127. The van der Waals surface area contributed by atoms with Crippen LogP contribution in [0.4, 0.5) is 0 Å². The van der Waals surface area contributed by atoms with Crippen LogP contribution in [0.25, 0.3) is 0 Å². The fraction of sp³-hybridized carbons (Fsp3) is 0.889. The number of nitrogens with zero attached hydrogens (tertiary/aromatic N) is 1. The summed E-state index contributed by atoms with van der Waals surface area (Å²) in [5.74, 6) is 0.593. The molecule has 3 nitrogen and oxygen atoms in total. The molecule has 0 aliphatic rings.